The van der Waals surface area contributed by atoms with Crippen LogP contribution in [0.1, 0.15) is 27.5 Å². The zero-order valence-corrected chi connectivity index (χ0v) is 14.9. The van der Waals surface area contributed by atoms with E-state index in [1.165, 1.54) is 0 Å². The minimum atomic E-state index is -1.62. The van der Waals surface area contributed by atoms with E-state index in [1.54, 1.807) is 17.0 Å². The molecule has 4 rings (SSSR count). The molecule has 1 aliphatic rings. The van der Waals surface area contributed by atoms with Crippen LogP contribution < -0.4 is 0 Å². The minimum absolute atomic E-state index is 0.123. The summed E-state index contributed by atoms with van der Waals surface area (Å²) in [6.07, 6.45) is 0. The summed E-state index contributed by atoms with van der Waals surface area (Å²) < 4.78 is 5.90. The third-order valence-electron chi connectivity index (χ3n) is 4.92. The number of hydrogen-bond acceptors (Lipinski definition) is 3. The third kappa shape index (κ3) is 3.25. The van der Waals surface area contributed by atoms with Crippen molar-refractivity contribution in [2.45, 2.75) is 11.8 Å². The first kappa shape index (κ1) is 17.5. The smallest absolute Gasteiger partial charge is 0.254 e. The average Bonchev–Trinajstić information content (AvgIpc) is 2.75. The lowest BCUT2D eigenvalue weighted by Gasteiger charge is -2.47. The fraction of sp³-hybridized carbons (Fsp3) is 0.174. The molecule has 0 saturated carbocycles. The maximum atomic E-state index is 13.3. The van der Waals surface area contributed by atoms with Crippen molar-refractivity contribution in [3.63, 3.8) is 0 Å². The van der Waals surface area contributed by atoms with Gasteiger partial charge in [-0.1, -0.05) is 78.9 Å². The van der Waals surface area contributed by atoms with Crippen LogP contribution in [-0.2, 0) is 10.5 Å². The summed E-state index contributed by atoms with van der Waals surface area (Å²) in [7, 11) is 0. The van der Waals surface area contributed by atoms with E-state index >= 15 is 0 Å². The number of carbonyl (C=O) groups excluding carboxylic acids is 1. The topological polar surface area (TPSA) is 49.8 Å². The van der Waals surface area contributed by atoms with Gasteiger partial charge >= 0.3 is 0 Å². The highest BCUT2D eigenvalue weighted by molar-refractivity contribution is 5.94. The van der Waals surface area contributed by atoms with Crippen molar-refractivity contribution in [3.8, 4) is 0 Å². The Hall–Kier alpha value is -2.95. The second kappa shape index (κ2) is 7.35. The van der Waals surface area contributed by atoms with Gasteiger partial charge in [0.15, 0.2) is 0 Å². The van der Waals surface area contributed by atoms with Gasteiger partial charge in [-0.2, -0.15) is 0 Å². The van der Waals surface area contributed by atoms with Gasteiger partial charge in [0.2, 0.25) is 5.79 Å². The molecule has 0 unspecified atom stereocenters. The molecule has 1 amide bonds. The molecule has 0 aromatic heterocycles. The Kier molecular flexibility index (Phi) is 4.75. The molecule has 0 spiro atoms. The quantitative estimate of drug-likeness (QED) is 0.775. The molecule has 1 N–H and O–H groups in total. The Bertz CT molecular complexity index is 899. The molecule has 0 aliphatic carbocycles. The molecular weight excluding hydrogens is 338 g/mol. The Balaban J connectivity index is 1.82. The van der Waals surface area contributed by atoms with Gasteiger partial charge in [-0.25, -0.2) is 0 Å². The zero-order chi connectivity index (χ0) is 18.7. The van der Waals surface area contributed by atoms with Gasteiger partial charge in [-0.3, -0.25) is 4.79 Å². The first-order chi connectivity index (χ1) is 13.2. The number of rotatable bonds is 3. The van der Waals surface area contributed by atoms with E-state index in [0.29, 0.717) is 17.7 Å². The van der Waals surface area contributed by atoms with Gasteiger partial charge in [0, 0.05) is 17.7 Å². The monoisotopic (exact) mass is 359 g/mol. The summed E-state index contributed by atoms with van der Waals surface area (Å²) in [5.41, 5.74) is 2.05. The molecule has 2 atom stereocenters. The largest absolute Gasteiger partial charge is 0.360 e. The number of carbonyl (C=O) groups is 1. The number of benzene rings is 3. The van der Waals surface area contributed by atoms with Crippen LogP contribution in [0.4, 0.5) is 0 Å². The third-order valence-corrected chi connectivity index (χ3v) is 4.92. The first-order valence-corrected chi connectivity index (χ1v) is 9.03. The molecule has 1 fully saturated rings. The van der Waals surface area contributed by atoms with E-state index < -0.39 is 11.8 Å². The fourth-order valence-electron chi connectivity index (χ4n) is 3.64. The highest BCUT2D eigenvalue weighted by Crippen LogP contribution is 2.43. The average molecular weight is 359 g/mol. The number of amides is 1. The van der Waals surface area contributed by atoms with Crippen molar-refractivity contribution >= 4 is 5.91 Å². The Labute approximate surface area is 158 Å². The molecule has 1 heterocycles. The van der Waals surface area contributed by atoms with E-state index in [1.807, 2.05) is 78.9 Å². The van der Waals surface area contributed by atoms with Crippen molar-refractivity contribution in [3.05, 3.63) is 108 Å². The number of hydrogen-bond donors (Lipinski definition) is 1. The van der Waals surface area contributed by atoms with E-state index in [4.69, 9.17) is 4.74 Å². The van der Waals surface area contributed by atoms with Crippen molar-refractivity contribution < 1.29 is 14.6 Å². The highest BCUT2D eigenvalue weighted by Gasteiger charge is 2.48. The van der Waals surface area contributed by atoms with Crippen LogP contribution in [-0.4, -0.2) is 29.1 Å². The van der Waals surface area contributed by atoms with E-state index in [9.17, 15) is 9.90 Å². The lowest BCUT2D eigenvalue weighted by Crippen LogP contribution is -2.54. The predicted octanol–water partition coefficient (Wildman–Crippen LogP) is 3.75. The van der Waals surface area contributed by atoms with E-state index in [-0.39, 0.29) is 12.5 Å². The summed E-state index contributed by atoms with van der Waals surface area (Å²) in [5, 5.41) is 11.6. The molecule has 1 saturated heterocycles. The van der Waals surface area contributed by atoms with Crippen molar-refractivity contribution in [2.24, 2.45) is 0 Å². The van der Waals surface area contributed by atoms with Crippen molar-refractivity contribution in [1.29, 1.82) is 0 Å². The number of morpholine rings is 1. The Morgan fingerprint density at radius 2 is 1.44 bits per heavy atom. The number of ether oxygens (including phenoxy) is 1. The summed E-state index contributed by atoms with van der Waals surface area (Å²) in [6, 6.07) is 27.3. The molecule has 1 aliphatic heterocycles. The second-order valence-corrected chi connectivity index (χ2v) is 6.59. The van der Waals surface area contributed by atoms with Gasteiger partial charge in [0.25, 0.3) is 5.91 Å². The van der Waals surface area contributed by atoms with Crippen LogP contribution in [0.15, 0.2) is 91.0 Å². The Morgan fingerprint density at radius 1 is 0.889 bits per heavy atom. The van der Waals surface area contributed by atoms with Gasteiger partial charge in [0.05, 0.1) is 6.61 Å². The van der Waals surface area contributed by atoms with Gasteiger partial charge in [0.1, 0.15) is 6.04 Å². The number of nitrogens with zero attached hydrogens (tertiary/aromatic N) is 1. The Morgan fingerprint density at radius 3 is 2.07 bits per heavy atom. The lowest BCUT2D eigenvalue weighted by molar-refractivity contribution is -0.273. The van der Waals surface area contributed by atoms with Crippen molar-refractivity contribution in [2.75, 3.05) is 13.2 Å². The van der Waals surface area contributed by atoms with Gasteiger partial charge in [-0.15, -0.1) is 0 Å². The number of aliphatic hydroxyl groups is 1. The molecule has 3 aromatic carbocycles. The summed E-state index contributed by atoms with van der Waals surface area (Å²) in [6.45, 7) is 0.662. The zero-order valence-electron chi connectivity index (χ0n) is 14.9. The minimum Gasteiger partial charge on any atom is -0.360 e. The predicted molar refractivity (Wildman–Crippen MR) is 103 cm³/mol. The first-order valence-electron chi connectivity index (χ1n) is 9.03. The van der Waals surface area contributed by atoms with Gasteiger partial charge in [-0.05, 0) is 17.7 Å². The van der Waals surface area contributed by atoms with Crippen LogP contribution in [0, 0.1) is 0 Å². The van der Waals surface area contributed by atoms with Crippen LogP contribution in [0.2, 0.25) is 0 Å². The summed E-state index contributed by atoms with van der Waals surface area (Å²) in [4.78, 5) is 15.0. The molecule has 0 radical (unpaired) electrons. The van der Waals surface area contributed by atoms with Crippen LogP contribution in [0.5, 0.6) is 0 Å². The molecule has 4 nitrogen and oxygen atoms in total. The molecule has 27 heavy (non-hydrogen) atoms. The van der Waals surface area contributed by atoms with E-state index in [0.717, 1.165) is 5.56 Å². The normalized spacial score (nSPS) is 22.4. The molecule has 4 heteroatoms. The molecule has 3 aromatic rings. The SMILES string of the molecule is O=C(c1ccccc1)N1CCO[C@@](O)(c2ccccc2)[C@@H]1c1ccccc1. The molecular formula is C23H21NO3. The maximum absolute atomic E-state index is 13.3. The van der Waals surface area contributed by atoms with E-state index in [2.05, 4.69) is 0 Å². The maximum Gasteiger partial charge on any atom is 0.254 e. The standard InChI is InChI=1S/C23H21NO3/c25-22(19-12-6-2-7-13-19)24-16-17-27-23(26,20-14-8-3-9-15-20)21(24)18-10-4-1-5-11-18/h1-15,21,26H,16-17H2/t21-,23-/m0/s1. The molecule has 0 bridgehead atoms. The fourth-order valence-corrected chi connectivity index (χ4v) is 3.64. The summed E-state index contributed by atoms with van der Waals surface area (Å²) in [5.74, 6) is -1.74. The van der Waals surface area contributed by atoms with Crippen LogP contribution in [0.3, 0.4) is 0 Å². The van der Waals surface area contributed by atoms with Crippen LogP contribution in [0.25, 0.3) is 0 Å². The summed E-state index contributed by atoms with van der Waals surface area (Å²) >= 11 is 0. The van der Waals surface area contributed by atoms with Gasteiger partial charge < -0.3 is 14.7 Å². The van der Waals surface area contributed by atoms with Crippen LogP contribution >= 0.6 is 0 Å². The highest BCUT2D eigenvalue weighted by atomic mass is 16.6. The lowest BCUT2D eigenvalue weighted by atomic mass is 9.89. The second-order valence-electron chi connectivity index (χ2n) is 6.59. The molecule has 136 valence electrons. The van der Waals surface area contributed by atoms with Crippen molar-refractivity contribution in [1.82, 2.24) is 4.90 Å².